The number of amides is 1. The van der Waals surface area contributed by atoms with E-state index in [-0.39, 0.29) is 11.4 Å². The van der Waals surface area contributed by atoms with Gasteiger partial charge in [-0.15, -0.1) is 0 Å². The number of rotatable bonds is 6. The summed E-state index contributed by atoms with van der Waals surface area (Å²) >= 11 is 13.4. The number of hydrogen-bond acceptors (Lipinski definition) is 4. The number of hydrogen-bond donors (Lipinski definition) is 0. The normalized spacial score (nSPS) is 15.4. The van der Waals surface area contributed by atoms with Crippen molar-refractivity contribution < 1.29 is 13.9 Å². The lowest BCUT2D eigenvalue weighted by molar-refractivity contribution is -0.113. The van der Waals surface area contributed by atoms with Crippen LogP contribution in [0.3, 0.4) is 0 Å². The van der Waals surface area contributed by atoms with Gasteiger partial charge in [0.1, 0.15) is 11.5 Å². The first-order valence-corrected chi connectivity index (χ1v) is 10.2. The molecule has 4 nitrogen and oxygen atoms in total. The van der Waals surface area contributed by atoms with Gasteiger partial charge < -0.3 is 4.74 Å². The minimum Gasteiger partial charge on any atom is -0.385 e. The number of thioether (sulfide) groups is 1. The van der Waals surface area contributed by atoms with E-state index < -0.39 is 11.7 Å². The zero-order chi connectivity index (χ0) is 20.1. The Morgan fingerprint density at radius 2 is 2.00 bits per heavy atom. The number of aliphatic imine (C=N–C) groups is 1. The van der Waals surface area contributed by atoms with Crippen LogP contribution < -0.4 is 4.90 Å². The second-order valence-electron chi connectivity index (χ2n) is 5.88. The van der Waals surface area contributed by atoms with Crippen molar-refractivity contribution in [3.05, 3.63) is 69.6 Å². The van der Waals surface area contributed by atoms with Crippen LogP contribution in [0, 0.1) is 5.82 Å². The maximum atomic E-state index is 14.4. The lowest BCUT2D eigenvalue weighted by Crippen LogP contribution is -2.31. The van der Waals surface area contributed by atoms with Crippen LogP contribution in [0.4, 0.5) is 10.1 Å². The molecule has 1 aliphatic heterocycles. The molecular formula is C20H17Cl2FN2O2S. The molecule has 0 aliphatic carbocycles. The molecule has 0 saturated heterocycles. The van der Waals surface area contributed by atoms with Crippen LogP contribution >= 0.6 is 35.0 Å². The molecule has 28 heavy (non-hydrogen) atoms. The van der Waals surface area contributed by atoms with Gasteiger partial charge in [0.2, 0.25) is 0 Å². The summed E-state index contributed by atoms with van der Waals surface area (Å²) in [6, 6.07) is 11.2. The molecular weight excluding hydrogens is 422 g/mol. The van der Waals surface area contributed by atoms with Gasteiger partial charge in [-0.1, -0.05) is 53.2 Å². The van der Waals surface area contributed by atoms with Crippen molar-refractivity contribution in [2.45, 2.75) is 6.42 Å². The quantitative estimate of drug-likeness (QED) is 0.432. The Kier molecular flexibility index (Phi) is 7.13. The Labute approximate surface area is 177 Å². The Bertz CT molecular complexity index is 950. The van der Waals surface area contributed by atoms with E-state index in [1.54, 1.807) is 49.6 Å². The maximum Gasteiger partial charge on any atom is 0.283 e. The molecule has 0 unspecified atom stereocenters. The van der Waals surface area contributed by atoms with E-state index in [1.807, 2.05) is 0 Å². The number of nitrogens with zero attached hydrogens (tertiary/aromatic N) is 2. The Balaban J connectivity index is 1.94. The smallest absolute Gasteiger partial charge is 0.283 e. The maximum absolute atomic E-state index is 14.4. The number of amidine groups is 1. The van der Waals surface area contributed by atoms with Crippen LogP contribution in [0.1, 0.15) is 12.0 Å². The molecule has 0 saturated carbocycles. The number of halogens is 3. The van der Waals surface area contributed by atoms with E-state index in [1.165, 1.54) is 22.7 Å². The third-order valence-electron chi connectivity index (χ3n) is 3.89. The summed E-state index contributed by atoms with van der Waals surface area (Å²) in [5.74, 6) is -0.201. The highest BCUT2D eigenvalue weighted by atomic mass is 35.5. The Morgan fingerprint density at radius 1 is 1.21 bits per heavy atom. The molecule has 2 aromatic rings. The molecule has 0 atom stereocenters. The summed E-state index contributed by atoms with van der Waals surface area (Å²) in [5, 5.41) is 1.23. The highest BCUT2D eigenvalue weighted by Gasteiger charge is 2.33. The van der Waals surface area contributed by atoms with Gasteiger partial charge in [-0.25, -0.2) is 9.38 Å². The fourth-order valence-corrected chi connectivity index (χ4v) is 3.79. The average molecular weight is 439 g/mol. The molecule has 1 aliphatic rings. The fraction of sp³-hybridized carbons (Fsp3) is 0.200. The van der Waals surface area contributed by atoms with Crippen molar-refractivity contribution in [1.82, 2.24) is 0 Å². The number of carbonyl (C=O) groups excluding carboxylic acids is 1. The molecule has 0 spiro atoms. The second-order valence-corrected chi connectivity index (χ2v) is 7.76. The van der Waals surface area contributed by atoms with Crippen LogP contribution in [0.15, 0.2) is 53.2 Å². The minimum absolute atomic E-state index is 0.169. The van der Waals surface area contributed by atoms with Crippen molar-refractivity contribution >= 4 is 57.8 Å². The van der Waals surface area contributed by atoms with Crippen LogP contribution in [0.25, 0.3) is 6.08 Å². The predicted octanol–water partition coefficient (Wildman–Crippen LogP) is 5.65. The monoisotopic (exact) mass is 438 g/mol. The standard InChI is InChI=1S/C20H17Cl2FN2O2S/c1-27-9-4-10-28-20-24-17(12-13-7-8-14(21)15(22)11-13)19(26)25(20)18-6-3-2-5-16(18)23/h2-3,5-8,11-12H,4,9-10H2,1H3/b17-12-. The summed E-state index contributed by atoms with van der Waals surface area (Å²) in [6.07, 6.45) is 2.40. The third-order valence-corrected chi connectivity index (χ3v) is 5.66. The lowest BCUT2D eigenvalue weighted by Gasteiger charge is -2.18. The van der Waals surface area contributed by atoms with Crippen LogP contribution in [0.5, 0.6) is 0 Å². The number of ether oxygens (including phenoxy) is 1. The second kappa shape index (κ2) is 9.56. The molecule has 146 valence electrons. The Hall–Kier alpha value is -1.86. The first-order chi connectivity index (χ1) is 13.5. The van der Waals surface area contributed by atoms with Gasteiger partial charge in [0.05, 0.1) is 15.7 Å². The first-order valence-electron chi connectivity index (χ1n) is 8.47. The zero-order valence-corrected chi connectivity index (χ0v) is 17.3. The summed E-state index contributed by atoms with van der Waals surface area (Å²) in [6.45, 7) is 0.597. The van der Waals surface area contributed by atoms with Gasteiger partial charge in [0.25, 0.3) is 5.91 Å². The molecule has 8 heteroatoms. The van der Waals surface area contributed by atoms with Crippen molar-refractivity contribution in [2.24, 2.45) is 4.99 Å². The van der Waals surface area contributed by atoms with E-state index >= 15 is 0 Å². The van der Waals surface area contributed by atoms with Crippen molar-refractivity contribution in [2.75, 3.05) is 24.4 Å². The summed E-state index contributed by atoms with van der Waals surface area (Å²) in [5.41, 5.74) is 1.06. The highest BCUT2D eigenvalue weighted by Crippen LogP contribution is 2.32. The molecule has 0 aromatic heterocycles. The summed E-state index contributed by atoms with van der Waals surface area (Å²) < 4.78 is 19.4. The van der Waals surface area contributed by atoms with E-state index in [4.69, 9.17) is 27.9 Å². The highest BCUT2D eigenvalue weighted by molar-refractivity contribution is 8.14. The number of para-hydroxylation sites is 1. The van der Waals surface area contributed by atoms with Crippen LogP contribution in [-0.2, 0) is 9.53 Å². The molecule has 0 bridgehead atoms. The lowest BCUT2D eigenvalue weighted by atomic mass is 10.2. The molecule has 0 fully saturated rings. The van der Waals surface area contributed by atoms with E-state index in [2.05, 4.69) is 4.99 Å². The molecule has 0 N–H and O–H groups in total. The average Bonchev–Trinajstić information content (AvgIpc) is 2.98. The van der Waals surface area contributed by atoms with E-state index in [0.717, 1.165) is 6.42 Å². The van der Waals surface area contributed by atoms with E-state index in [0.29, 0.717) is 33.1 Å². The van der Waals surface area contributed by atoms with Crippen molar-refractivity contribution in [3.8, 4) is 0 Å². The van der Waals surface area contributed by atoms with Crippen LogP contribution in [-0.4, -0.2) is 30.5 Å². The molecule has 1 heterocycles. The number of benzene rings is 2. The largest absolute Gasteiger partial charge is 0.385 e. The zero-order valence-electron chi connectivity index (χ0n) is 15.0. The van der Waals surface area contributed by atoms with Gasteiger partial charge in [-0.3, -0.25) is 9.69 Å². The van der Waals surface area contributed by atoms with Gasteiger partial charge in [0.15, 0.2) is 5.17 Å². The number of carbonyl (C=O) groups is 1. The molecule has 2 aromatic carbocycles. The Morgan fingerprint density at radius 3 is 2.71 bits per heavy atom. The number of methoxy groups -OCH3 is 1. The molecule has 0 radical (unpaired) electrons. The SMILES string of the molecule is COCCCSC1=N/C(=C\c2ccc(Cl)c(Cl)c2)C(=O)N1c1ccccc1F. The van der Waals surface area contributed by atoms with Gasteiger partial charge in [-0.2, -0.15) is 0 Å². The summed E-state index contributed by atoms with van der Waals surface area (Å²) in [7, 11) is 1.63. The van der Waals surface area contributed by atoms with Gasteiger partial charge >= 0.3 is 0 Å². The first kappa shape index (κ1) is 20.9. The van der Waals surface area contributed by atoms with Crippen molar-refractivity contribution in [1.29, 1.82) is 0 Å². The fourth-order valence-electron chi connectivity index (χ4n) is 2.57. The summed E-state index contributed by atoms with van der Waals surface area (Å²) in [4.78, 5) is 18.7. The molecule has 1 amide bonds. The van der Waals surface area contributed by atoms with E-state index in [9.17, 15) is 9.18 Å². The molecule has 3 rings (SSSR count). The van der Waals surface area contributed by atoms with Crippen LogP contribution in [0.2, 0.25) is 10.0 Å². The minimum atomic E-state index is -0.489. The third kappa shape index (κ3) is 4.75. The van der Waals surface area contributed by atoms with Gasteiger partial charge in [0, 0.05) is 19.5 Å². The van der Waals surface area contributed by atoms with Gasteiger partial charge in [-0.05, 0) is 42.3 Å². The number of anilines is 1. The topological polar surface area (TPSA) is 41.9 Å². The predicted molar refractivity (Wildman–Crippen MR) is 115 cm³/mol. The van der Waals surface area contributed by atoms with Crippen molar-refractivity contribution in [3.63, 3.8) is 0 Å².